The smallest absolute Gasteiger partial charge is 0.329 e. The molecule has 0 radical (unpaired) electrons. The summed E-state index contributed by atoms with van der Waals surface area (Å²) in [5.41, 5.74) is 3.46. The second-order valence-electron chi connectivity index (χ2n) is 3.40. The lowest BCUT2D eigenvalue weighted by Crippen LogP contribution is -2.45. The van der Waals surface area contributed by atoms with Crippen molar-refractivity contribution in [3.05, 3.63) is 35.9 Å². The molecule has 78 valence electrons. The first-order valence-electron chi connectivity index (χ1n) is 4.24. The number of halogens is 3. The first-order chi connectivity index (χ1) is 6.42. The van der Waals surface area contributed by atoms with Crippen LogP contribution in [-0.4, -0.2) is 12.7 Å². The predicted molar refractivity (Wildman–Crippen MR) is 48.9 cm³/mol. The van der Waals surface area contributed by atoms with Gasteiger partial charge in [-0.2, -0.15) is 13.2 Å². The summed E-state index contributed by atoms with van der Waals surface area (Å²) < 4.78 is 38.1. The third-order valence-corrected chi connectivity index (χ3v) is 2.44. The lowest BCUT2D eigenvalue weighted by Gasteiger charge is -2.31. The van der Waals surface area contributed by atoms with Crippen LogP contribution in [0.5, 0.6) is 0 Å². The molecule has 0 aromatic heterocycles. The van der Waals surface area contributed by atoms with Gasteiger partial charge in [0.1, 0.15) is 5.41 Å². The van der Waals surface area contributed by atoms with E-state index in [-0.39, 0.29) is 5.56 Å². The summed E-state index contributed by atoms with van der Waals surface area (Å²) >= 11 is 0. The number of hydrogen-bond acceptors (Lipinski definition) is 1. The van der Waals surface area contributed by atoms with Crippen molar-refractivity contribution in [2.75, 3.05) is 6.54 Å². The SMILES string of the molecule is CC(CN)(c1ccccc1)C(F)(F)F. The van der Waals surface area contributed by atoms with Crippen molar-refractivity contribution < 1.29 is 13.2 Å². The van der Waals surface area contributed by atoms with Gasteiger partial charge in [0.05, 0.1) is 0 Å². The first kappa shape index (κ1) is 11.0. The normalized spacial score (nSPS) is 16.4. The molecule has 1 nitrogen and oxygen atoms in total. The van der Waals surface area contributed by atoms with E-state index in [1.165, 1.54) is 12.1 Å². The molecule has 0 bridgehead atoms. The van der Waals surface area contributed by atoms with E-state index in [4.69, 9.17) is 5.73 Å². The molecule has 1 aromatic carbocycles. The molecule has 1 unspecified atom stereocenters. The summed E-state index contributed by atoms with van der Waals surface area (Å²) in [7, 11) is 0. The van der Waals surface area contributed by atoms with Gasteiger partial charge in [0.2, 0.25) is 0 Å². The molecule has 0 aliphatic heterocycles. The zero-order valence-corrected chi connectivity index (χ0v) is 7.81. The summed E-state index contributed by atoms with van der Waals surface area (Å²) in [6.45, 7) is 0.669. The van der Waals surface area contributed by atoms with Crippen molar-refractivity contribution in [1.82, 2.24) is 0 Å². The molecule has 0 spiro atoms. The summed E-state index contributed by atoms with van der Waals surface area (Å²) in [5.74, 6) is 0. The Hall–Kier alpha value is -1.03. The van der Waals surface area contributed by atoms with Crippen LogP contribution >= 0.6 is 0 Å². The summed E-state index contributed by atoms with van der Waals surface area (Å²) in [4.78, 5) is 0. The van der Waals surface area contributed by atoms with Gasteiger partial charge in [0.15, 0.2) is 0 Å². The van der Waals surface area contributed by atoms with Gasteiger partial charge in [0.25, 0.3) is 0 Å². The number of nitrogens with two attached hydrogens (primary N) is 1. The van der Waals surface area contributed by atoms with Crippen LogP contribution < -0.4 is 5.73 Å². The van der Waals surface area contributed by atoms with Crippen LogP contribution in [0.1, 0.15) is 12.5 Å². The maximum atomic E-state index is 12.7. The molecule has 1 atom stereocenters. The summed E-state index contributed by atoms with van der Waals surface area (Å²) in [6.07, 6.45) is -4.32. The van der Waals surface area contributed by atoms with Gasteiger partial charge in [-0.3, -0.25) is 0 Å². The van der Waals surface area contributed by atoms with Crippen LogP contribution in [0.15, 0.2) is 30.3 Å². The molecular formula is C10H12F3N. The Morgan fingerprint density at radius 3 is 2.00 bits per heavy atom. The molecule has 2 N–H and O–H groups in total. The predicted octanol–water partition coefficient (Wildman–Crippen LogP) is 2.47. The molecule has 1 aromatic rings. The van der Waals surface area contributed by atoms with E-state index < -0.39 is 18.1 Å². The van der Waals surface area contributed by atoms with Gasteiger partial charge < -0.3 is 5.73 Å². The van der Waals surface area contributed by atoms with Crippen molar-refractivity contribution in [3.8, 4) is 0 Å². The van der Waals surface area contributed by atoms with E-state index in [1.807, 2.05) is 0 Å². The Morgan fingerprint density at radius 2 is 1.64 bits per heavy atom. The molecular weight excluding hydrogens is 191 g/mol. The van der Waals surface area contributed by atoms with Gasteiger partial charge in [-0.05, 0) is 12.5 Å². The topological polar surface area (TPSA) is 26.0 Å². The van der Waals surface area contributed by atoms with Crippen LogP contribution in [0, 0.1) is 0 Å². The fraction of sp³-hybridized carbons (Fsp3) is 0.400. The highest BCUT2D eigenvalue weighted by molar-refractivity contribution is 5.26. The second-order valence-corrected chi connectivity index (χ2v) is 3.40. The Balaban J connectivity index is 3.15. The number of benzene rings is 1. The van der Waals surface area contributed by atoms with Crippen molar-refractivity contribution in [2.45, 2.75) is 18.5 Å². The van der Waals surface area contributed by atoms with Crippen molar-refractivity contribution >= 4 is 0 Å². The number of hydrogen-bond donors (Lipinski definition) is 1. The molecule has 0 saturated heterocycles. The fourth-order valence-electron chi connectivity index (χ4n) is 1.20. The Bertz CT molecular complexity index is 294. The maximum absolute atomic E-state index is 12.7. The average molecular weight is 203 g/mol. The first-order valence-corrected chi connectivity index (χ1v) is 4.24. The fourth-order valence-corrected chi connectivity index (χ4v) is 1.20. The molecule has 1 rings (SSSR count). The molecule has 0 aliphatic rings. The molecule has 0 saturated carbocycles. The molecule has 14 heavy (non-hydrogen) atoms. The summed E-state index contributed by atoms with van der Waals surface area (Å²) in [5, 5.41) is 0. The standard InChI is InChI=1S/C10H12F3N/c1-9(7-14,10(11,12)13)8-5-3-2-4-6-8/h2-6H,7,14H2,1H3. The van der Waals surface area contributed by atoms with Gasteiger partial charge in [0, 0.05) is 6.54 Å². The van der Waals surface area contributed by atoms with Crippen molar-refractivity contribution in [3.63, 3.8) is 0 Å². The third kappa shape index (κ3) is 1.75. The van der Waals surface area contributed by atoms with E-state index >= 15 is 0 Å². The largest absolute Gasteiger partial charge is 0.399 e. The Labute approximate surface area is 80.7 Å². The second kappa shape index (κ2) is 3.61. The zero-order chi connectivity index (χ0) is 10.8. The maximum Gasteiger partial charge on any atom is 0.399 e. The Morgan fingerprint density at radius 1 is 1.14 bits per heavy atom. The molecule has 0 heterocycles. The minimum Gasteiger partial charge on any atom is -0.329 e. The minimum absolute atomic E-state index is 0.204. The number of alkyl halides is 3. The molecule has 0 aliphatic carbocycles. The van der Waals surface area contributed by atoms with E-state index in [9.17, 15) is 13.2 Å². The third-order valence-electron chi connectivity index (χ3n) is 2.44. The van der Waals surface area contributed by atoms with Crippen LogP contribution in [0.3, 0.4) is 0 Å². The molecule has 0 fully saturated rings. The highest BCUT2D eigenvalue weighted by Gasteiger charge is 2.51. The highest BCUT2D eigenvalue weighted by atomic mass is 19.4. The Kier molecular flexibility index (Phi) is 2.85. The monoisotopic (exact) mass is 203 g/mol. The lowest BCUT2D eigenvalue weighted by molar-refractivity contribution is -0.182. The average Bonchev–Trinajstić information content (AvgIpc) is 2.16. The van der Waals surface area contributed by atoms with E-state index in [2.05, 4.69) is 0 Å². The number of rotatable bonds is 2. The van der Waals surface area contributed by atoms with Gasteiger partial charge in [-0.25, -0.2) is 0 Å². The minimum atomic E-state index is -4.32. The zero-order valence-electron chi connectivity index (χ0n) is 7.81. The molecule has 4 heteroatoms. The van der Waals surface area contributed by atoms with Gasteiger partial charge in [-0.15, -0.1) is 0 Å². The van der Waals surface area contributed by atoms with Crippen molar-refractivity contribution in [1.29, 1.82) is 0 Å². The van der Waals surface area contributed by atoms with Gasteiger partial charge in [-0.1, -0.05) is 30.3 Å². The van der Waals surface area contributed by atoms with E-state index in [0.717, 1.165) is 6.92 Å². The summed E-state index contributed by atoms with van der Waals surface area (Å²) in [6, 6.07) is 7.72. The molecule has 0 amide bonds. The van der Waals surface area contributed by atoms with Crippen LogP contribution in [0.4, 0.5) is 13.2 Å². The highest BCUT2D eigenvalue weighted by Crippen LogP contribution is 2.39. The van der Waals surface area contributed by atoms with Crippen LogP contribution in [0.25, 0.3) is 0 Å². The lowest BCUT2D eigenvalue weighted by atomic mass is 9.82. The van der Waals surface area contributed by atoms with Crippen molar-refractivity contribution in [2.24, 2.45) is 5.73 Å². The van der Waals surface area contributed by atoms with Crippen LogP contribution in [-0.2, 0) is 5.41 Å². The van der Waals surface area contributed by atoms with Crippen LogP contribution in [0.2, 0.25) is 0 Å². The van der Waals surface area contributed by atoms with E-state index in [0.29, 0.717) is 0 Å². The van der Waals surface area contributed by atoms with Gasteiger partial charge >= 0.3 is 6.18 Å². The van der Waals surface area contributed by atoms with E-state index in [1.54, 1.807) is 18.2 Å². The quantitative estimate of drug-likeness (QED) is 0.785.